The quantitative estimate of drug-likeness (QED) is 0.0328. The normalized spacial score (nSPS) is 12.8. The number of esters is 1. The highest BCUT2D eigenvalue weighted by molar-refractivity contribution is 5.76. The third kappa shape index (κ3) is 40.1. The maximum atomic E-state index is 12.4. The Morgan fingerprint density at radius 2 is 0.887 bits per heavy atom. The number of carbonyl (C=O) groups is 2. The molecular weight excluding hydrogens is 659 g/mol. The number of ether oxygens (including phenoxy) is 1. The van der Waals surface area contributed by atoms with E-state index in [2.05, 4.69) is 31.3 Å². The second-order valence-corrected chi connectivity index (χ2v) is 16.1. The van der Waals surface area contributed by atoms with Crippen LogP contribution in [-0.4, -0.2) is 47.4 Å². The van der Waals surface area contributed by atoms with E-state index >= 15 is 0 Å². The molecule has 0 aromatic heterocycles. The summed E-state index contributed by atoms with van der Waals surface area (Å²) in [6, 6.07) is -0.559. The minimum atomic E-state index is -0.679. The lowest BCUT2D eigenvalue weighted by Crippen LogP contribution is -2.45. The van der Waals surface area contributed by atoms with Crippen LogP contribution in [-0.2, 0) is 14.3 Å². The molecule has 1 amide bonds. The lowest BCUT2D eigenvalue weighted by molar-refractivity contribution is -0.143. The number of aliphatic hydroxyl groups is 2. The Morgan fingerprint density at radius 1 is 0.509 bits per heavy atom. The maximum absolute atomic E-state index is 12.4. The number of amides is 1. The number of unbranched alkanes of at least 4 members (excludes halogenated alkanes) is 30. The molecule has 0 aromatic carbocycles. The SMILES string of the molecule is CCCCCCCCCCCCCCCC(=O)OCCCC/C=C\CCCCCCCC(=O)NC(CO)C(O)CCCCCCCCCCCCCC. The van der Waals surface area contributed by atoms with Crippen molar-refractivity contribution in [2.24, 2.45) is 0 Å². The van der Waals surface area contributed by atoms with Crippen LogP contribution >= 0.6 is 0 Å². The number of nitrogens with one attached hydrogen (secondary N) is 1. The van der Waals surface area contributed by atoms with E-state index in [9.17, 15) is 19.8 Å². The van der Waals surface area contributed by atoms with E-state index < -0.39 is 12.1 Å². The molecule has 3 N–H and O–H groups in total. The average molecular weight is 750 g/mol. The summed E-state index contributed by atoms with van der Waals surface area (Å²) in [7, 11) is 0. The zero-order chi connectivity index (χ0) is 38.7. The Hall–Kier alpha value is -1.40. The van der Waals surface area contributed by atoms with Gasteiger partial charge in [0, 0.05) is 12.8 Å². The first-order valence-corrected chi connectivity index (χ1v) is 23.4. The third-order valence-electron chi connectivity index (χ3n) is 10.8. The molecule has 2 unspecified atom stereocenters. The molecule has 0 heterocycles. The van der Waals surface area contributed by atoms with Crippen molar-refractivity contribution in [3.63, 3.8) is 0 Å². The number of allylic oxidation sites excluding steroid dienone is 2. The molecule has 0 aliphatic carbocycles. The molecule has 6 nitrogen and oxygen atoms in total. The van der Waals surface area contributed by atoms with Crippen molar-refractivity contribution < 1.29 is 24.5 Å². The fraction of sp³-hybridized carbons (Fsp3) is 0.915. The predicted octanol–water partition coefficient (Wildman–Crippen LogP) is 13.4. The van der Waals surface area contributed by atoms with Gasteiger partial charge in [-0.15, -0.1) is 0 Å². The predicted molar refractivity (Wildman–Crippen MR) is 227 cm³/mol. The maximum Gasteiger partial charge on any atom is 0.305 e. The number of hydrogen-bond acceptors (Lipinski definition) is 5. The molecule has 314 valence electrons. The van der Waals surface area contributed by atoms with Crippen LogP contribution in [0.15, 0.2) is 12.2 Å². The molecule has 0 saturated heterocycles. The largest absolute Gasteiger partial charge is 0.466 e. The smallest absolute Gasteiger partial charge is 0.305 e. The van der Waals surface area contributed by atoms with E-state index in [-0.39, 0.29) is 18.5 Å². The van der Waals surface area contributed by atoms with Gasteiger partial charge in [-0.2, -0.15) is 0 Å². The van der Waals surface area contributed by atoms with E-state index in [1.807, 2.05) is 0 Å². The number of carbonyl (C=O) groups excluding carboxylic acids is 2. The zero-order valence-electron chi connectivity index (χ0n) is 35.5. The zero-order valence-corrected chi connectivity index (χ0v) is 35.5. The molecule has 0 saturated carbocycles. The van der Waals surface area contributed by atoms with Crippen molar-refractivity contribution in [1.29, 1.82) is 0 Å². The van der Waals surface area contributed by atoms with Crippen LogP contribution < -0.4 is 5.32 Å². The summed E-state index contributed by atoms with van der Waals surface area (Å²) in [5, 5.41) is 23.1. The molecule has 0 bridgehead atoms. The van der Waals surface area contributed by atoms with Gasteiger partial charge in [-0.1, -0.05) is 199 Å². The van der Waals surface area contributed by atoms with E-state index in [0.717, 1.165) is 83.5 Å². The molecule has 6 heteroatoms. The molecule has 53 heavy (non-hydrogen) atoms. The van der Waals surface area contributed by atoms with Gasteiger partial charge in [0.25, 0.3) is 0 Å². The Kier molecular flexibility index (Phi) is 42.2. The molecule has 0 aromatic rings. The van der Waals surface area contributed by atoms with E-state index in [1.54, 1.807) is 0 Å². The summed E-state index contributed by atoms with van der Waals surface area (Å²) in [6.07, 6.45) is 47.4. The van der Waals surface area contributed by atoms with Crippen LogP contribution in [0.3, 0.4) is 0 Å². The highest BCUT2D eigenvalue weighted by atomic mass is 16.5. The molecule has 0 aliphatic rings. The van der Waals surface area contributed by atoms with Gasteiger partial charge in [-0.05, 0) is 51.4 Å². The van der Waals surface area contributed by atoms with E-state index in [0.29, 0.717) is 25.9 Å². The second kappa shape index (κ2) is 43.3. The van der Waals surface area contributed by atoms with E-state index in [1.165, 1.54) is 135 Å². The van der Waals surface area contributed by atoms with Crippen molar-refractivity contribution in [2.45, 2.75) is 264 Å². The Labute approximate surface area is 329 Å². The summed E-state index contributed by atoms with van der Waals surface area (Å²) < 4.78 is 5.42. The lowest BCUT2D eigenvalue weighted by atomic mass is 10.0. The second-order valence-electron chi connectivity index (χ2n) is 16.1. The van der Waals surface area contributed by atoms with Crippen molar-refractivity contribution in [1.82, 2.24) is 5.32 Å². The molecule has 0 fully saturated rings. The van der Waals surface area contributed by atoms with Gasteiger partial charge in [0.15, 0.2) is 0 Å². The number of hydrogen-bond donors (Lipinski definition) is 3. The van der Waals surface area contributed by atoms with Gasteiger partial charge in [-0.25, -0.2) is 0 Å². The number of rotatable bonds is 43. The van der Waals surface area contributed by atoms with Gasteiger partial charge in [-0.3, -0.25) is 9.59 Å². The molecule has 0 radical (unpaired) electrons. The first-order valence-electron chi connectivity index (χ1n) is 23.4. The molecule has 0 aliphatic heterocycles. The summed E-state index contributed by atoms with van der Waals surface area (Å²) in [4.78, 5) is 24.4. The third-order valence-corrected chi connectivity index (χ3v) is 10.8. The highest BCUT2D eigenvalue weighted by Crippen LogP contribution is 2.16. The fourth-order valence-electron chi connectivity index (χ4n) is 7.16. The van der Waals surface area contributed by atoms with Crippen LogP contribution in [0.1, 0.15) is 251 Å². The van der Waals surface area contributed by atoms with Gasteiger partial charge in [0.2, 0.25) is 5.91 Å². The topological polar surface area (TPSA) is 95.9 Å². The standard InChI is InChI=1S/C47H91NO5/c1-3-5-7-9-11-13-15-17-21-25-29-33-37-41-47(52)53-42-38-34-30-26-22-18-20-24-28-32-36-40-46(51)48-44(43-49)45(50)39-35-31-27-23-19-16-14-12-10-8-6-4-2/h22,26,44-45,49-50H,3-21,23-25,27-43H2,1-2H3,(H,48,51)/b26-22-. The summed E-state index contributed by atoms with van der Waals surface area (Å²) in [6.45, 7) is 4.86. The Morgan fingerprint density at radius 3 is 1.34 bits per heavy atom. The Balaban J connectivity index is 3.51. The van der Waals surface area contributed by atoms with Crippen molar-refractivity contribution in [2.75, 3.05) is 13.2 Å². The first kappa shape index (κ1) is 51.6. The monoisotopic (exact) mass is 750 g/mol. The molecule has 0 spiro atoms. The summed E-state index contributed by atoms with van der Waals surface area (Å²) in [5.41, 5.74) is 0. The fourth-order valence-corrected chi connectivity index (χ4v) is 7.16. The van der Waals surface area contributed by atoms with Gasteiger partial charge >= 0.3 is 5.97 Å². The first-order chi connectivity index (χ1) is 26.0. The number of aliphatic hydroxyl groups excluding tert-OH is 2. The average Bonchev–Trinajstić information content (AvgIpc) is 3.16. The Bertz CT molecular complexity index is 787. The van der Waals surface area contributed by atoms with Gasteiger partial charge in [0.05, 0.1) is 25.4 Å². The van der Waals surface area contributed by atoms with Gasteiger partial charge < -0.3 is 20.3 Å². The van der Waals surface area contributed by atoms with Crippen molar-refractivity contribution in [3.05, 3.63) is 12.2 Å². The van der Waals surface area contributed by atoms with Gasteiger partial charge in [0.1, 0.15) is 0 Å². The van der Waals surface area contributed by atoms with Crippen LogP contribution in [0, 0.1) is 0 Å². The van der Waals surface area contributed by atoms with Crippen LogP contribution in [0.2, 0.25) is 0 Å². The van der Waals surface area contributed by atoms with Crippen LogP contribution in [0.5, 0.6) is 0 Å². The summed E-state index contributed by atoms with van der Waals surface area (Å²) in [5.74, 6) is -0.0945. The minimum Gasteiger partial charge on any atom is -0.466 e. The highest BCUT2D eigenvalue weighted by Gasteiger charge is 2.20. The summed E-state index contributed by atoms with van der Waals surface area (Å²) >= 11 is 0. The molecule has 2 atom stereocenters. The van der Waals surface area contributed by atoms with Crippen molar-refractivity contribution >= 4 is 11.9 Å². The lowest BCUT2D eigenvalue weighted by Gasteiger charge is -2.22. The minimum absolute atomic E-state index is 0.0300. The molecular formula is C47H91NO5. The van der Waals surface area contributed by atoms with Crippen molar-refractivity contribution in [3.8, 4) is 0 Å². The van der Waals surface area contributed by atoms with Crippen LogP contribution in [0.25, 0.3) is 0 Å². The molecule has 0 rings (SSSR count). The van der Waals surface area contributed by atoms with Crippen LogP contribution in [0.4, 0.5) is 0 Å². The van der Waals surface area contributed by atoms with E-state index in [4.69, 9.17) is 4.74 Å².